The van der Waals surface area contributed by atoms with Crippen LogP contribution >= 0.6 is 11.3 Å². The van der Waals surface area contributed by atoms with Crippen LogP contribution in [-0.4, -0.2) is 18.4 Å². The smallest absolute Gasteiger partial charge is 0.268 e. The second kappa shape index (κ2) is 8.10. The van der Waals surface area contributed by atoms with Gasteiger partial charge in [-0.25, -0.2) is 0 Å². The van der Waals surface area contributed by atoms with Gasteiger partial charge in [0.2, 0.25) is 0 Å². The van der Waals surface area contributed by atoms with Gasteiger partial charge in [-0.1, -0.05) is 30.3 Å². The Morgan fingerprint density at radius 2 is 2.00 bits per heavy atom. The summed E-state index contributed by atoms with van der Waals surface area (Å²) in [5.41, 5.74) is 1.61. The Labute approximate surface area is 139 Å². The molecule has 0 unspecified atom stereocenters. The van der Waals surface area contributed by atoms with Gasteiger partial charge in [-0.15, -0.1) is 17.9 Å². The zero-order valence-corrected chi connectivity index (χ0v) is 13.7. The predicted octanol–water partition coefficient (Wildman–Crippen LogP) is 3.13. The van der Waals surface area contributed by atoms with Crippen molar-refractivity contribution < 1.29 is 9.59 Å². The molecular weight excluding hydrogens is 308 g/mol. The van der Waals surface area contributed by atoms with Crippen molar-refractivity contribution in [1.82, 2.24) is 10.6 Å². The van der Waals surface area contributed by atoms with E-state index in [4.69, 9.17) is 0 Å². The van der Waals surface area contributed by atoms with Crippen molar-refractivity contribution in [3.8, 4) is 0 Å². The molecule has 2 aromatic rings. The Hall–Kier alpha value is -2.66. The summed E-state index contributed by atoms with van der Waals surface area (Å²) in [6.45, 7) is 5.76. The van der Waals surface area contributed by atoms with Crippen LogP contribution in [0, 0.1) is 6.92 Å². The third kappa shape index (κ3) is 4.66. The van der Waals surface area contributed by atoms with Gasteiger partial charge in [0.05, 0.1) is 0 Å². The molecule has 2 amide bonds. The summed E-state index contributed by atoms with van der Waals surface area (Å²) >= 11 is 1.49. The molecule has 0 atom stereocenters. The first-order chi connectivity index (χ1) is 11.1. The van der Waals surface area contributed by atoms with E-state index in [1.165, 1.54) is 11.3 Å². The van der Waals surface area contributed by atoms with E-state index in [1.54, 1.807) is 24.3 Å². The van der Waals surface area contributed by atoms with Gasteiger partial charge in [-0.2, -0.15) is 0 Å². The van der Waals surface area contributed by atoms with Gasteiger partial charge in [0.1, 0.15) is 5.70 Å². The second-order valence-corrected chi connectivity index (χ2v) is 5.82. The summed E-state index contributed by atoms with van der Waals surface area (Å²) in [4.78, 5) is 25.6. The minimum absolute atomic E-state index is 0.211. The fraction of sp³-hybridized carbons (Fsp3) is 0.111. The van der Waals surface area contributed by atoms with E-state index in [1.807, 2.05) is 36.6 Å². The van der Waals surface area contributed by atoms with Crippen LogP contribution in [-0.2, 0) is 4.79 Å². The van der Waals surface area contributed by atoms with E-state index in [-0.39, 0.29) is 17.5 Å². The minimum atomic E-state index is -0.347. The molecule has 0 fully saturated rings. The molecule has 2 rings (SSSR count). The first-order valence-electron chi connectivity index (χ1n) is 7.13. The van der Waals surface area contributed by atoms with Crippen molar-refractivity contribution in [2.45, 2.75) is 6.92 Å². The van der Waals surface area contributed by atoms with E-state index >= 15 is 0 Å². The number of carbonyl (C=O) groups is 2. The highest BCUT2D eigenvalue weighted by molar-refractivity contribution is 7.10. The van der Waals surface area contributed by atoms with E-state index in [2.05, 4.69) is 17.2 Å². The van der Waals surface area contributed by atoms with Crippen LogP contribution in [0.2, 0.25) is 0 Å². The standard InChI is InChI=1S/C18H18N2O2S/c1-3-10-19-18(22)16(12-14-8-6-11-23-14)20-17(21)15-9-5-4-7-13(15)2/h3-9,11-12H,1,10H2,2H3,(H,19,22)(H,20,21)/b16-12-. The molecule has 23 heavy (non-hydrogen) atoms. The van der Waals surface area contributed by atoms with Crippen LogP contribution in [0.3, 0.4) is 0 Å². The number of hydrogen-bond acceptors (Lipinski definition) is 3. The summed E-state index contributed by atoms with van der Waals surface area (Å²) < 4.78 is 0. The van der Waals surface area contributed by atoms with Crippen molar-refractivity contribution in [2.24, 2.45) is 0 Å². The molecule has 5 heteroatoms. The maximum absolute atomic E-state index is 12.4. The lowest BCUT2D eigenvalue weighted by atomic mass is 10.1. The van der Waals surface area contributed by atoms with E-state index in [0.717, 1.165) is 10.4 Å². The second-order valence-electron chi connectivity index (χ2n) is 4.84. The zero-order valence-electron chi connectivity index (χ0n) is 12.8. The third-order valence-electron chi connectivity index (χ3n) is 3.12. The molecule has 1 aromatic carbocycles. The van der Waals surface area contributed by atoms with Crippen molar-refractivity contribution in [3.05, 3.63) is 76.1 Å². The quantitative estimate of drug-likeness (QED) is 0.633. The first-order valence-corrected chi connectivity index (χ1v) is 8.01. The van der Waals surface area contributed by atoms with Crippen LogP contribution < -0.4 is 10.6 Å². The molecule has 1 aromatic heterocycles. The Kier molecular flexibility index (Phi) is 5.88. The SMILES string of the molecule is C=CCNC(=O)/C(=C/c1cccs1)NC(=O)c1ccccc1C. The largest absolute Gasteiger partial charge is 0.347 e. The summed E-state index contributed by atoms with van der Waals surface area (Å²) in [5, 5.41) is 7.30. The highest BCUT2D eigenvalue weighted by Crippen LogP contribution is 2.14. The molecule has 4 nitrogen and oxygen atoms in total. The Bertz CT molecular complexity index is 733. The highest BCUT2D eigenvalue weighted by atomic mass is 32.1. The molecule has 2 N–H and O–H groups in total. The summed E-state index contributed by atoms with van der Waals surface area (Å²) in [7, 11) is 0. The van der Waals surface area contributed by atoms with Gasteiger partial charge in [0.25, 0.3) is 11.8 Å². The third-order valence-corrected chi connectivity index (χ3v) is 3.94. The molecule has 0 bridgehead atoms. The predicted molar refractivity (Wildman–Crippen MR) is 94.1 cm³/mol. The van der Waals surface area contributed by atoms with Crippen molar-refractivity contribution >= 4 is 29.2 Å². The normalized spacial score (nSPS) is 10.9. The molecule has 0 saturated carbocycles. The van der Waals surface area contributed by atoms with Gasteiger partial charge >= 0.3 is 0 Å². The summed E-state index contributed by atoms with van der Waals surface area (Å²) in [5.74, 6) is -0.653. The van der Waals surface area contributed by atoms with Gasteiger partial charge in [-0.05, 0) is 36.1 Å². The van der Waals surface area contributed by atoms with Crippen LogP contribution in [0.4, 0.5) is 0 Å². The maximum Gasteiger partial charge on any atom is 0.268 e. The molecule has 0 radical (unpaired) electrons. The number of hydrogen-bond donors (Lipinski definition) is 2. The Morgan fingerprint density at radius 1 is 1.22 bits per heavy atom. The van der Waals surface area contributed by atoms with Crippen molar-refractivity contribution in [2.75, 3.05) is 6.54 Å². The van der Waals surface area contributed by atoms with E-state index in [9.17, 15) is 9.59 Å². The van der Waals surface area contributed by atoms with Crippen LogP contribution in [0.5, 0.6) is 0 Å². The zero-order chi connectivity index (χ0) is 16.7. The monoisotopic (exact) mass is 326 g/mol. The number of aryl methyl sites for hydroxylation is 1. The summed E-state index contributed by atoms with van der Waals surface area (Å²) in [6, 6.07) is 11.0. The van der Waals surface area contributed by atoms with Gasteiger partial charge in [0.15, 0.2) is 0 Å². The first kappa shape index (κ1) is 16.7. The molecule has 0 aliphatic carbocycles. The molecule has 118 valence electrons. The molecular formula is C18H18N2O2S. The fourth-order valence-electron chi connectivity index (χ4n) is 1.95. The number of rotatable bonds is 6. The molecule has 1 heterocycles. The number of benzene rings is 1. The molecule has 0 aliphatic rings. The van der Waals surface area contributed by atoms with Crippen LogP contribution in [0.15, 0.2) is 60.1 Å². The van der Waals surface area contributed by atoms with Gasteiger partial charge in [0, 0.05) is 17.0 Å². The lowest BCUT2D eigenvalue weighted by Crippen LogP contribution is -2.35. The molecule has 0 saturated heterocycles. The average Bonchev–Trinajstić information content (AvgIpc) is 3.05. The van der Waals surface area contributed by atoms with Crippen molar-refractivity contribution in [1.29, 1.82) is 0 Å². The van der Waals surface area contributed by atoms with Crippen molar-refractivity contribution in [3.63, 3.8) is 0 Å². The van der Waals surface area contributed by atoms with E-state index < -0.39 is 0 Å². The Balaban J connectivity index is 2.24. The van der Waals surface area contributed by atoms with Crippen LogP contribution in [0.25, 0.3) is 6.08 Å². The number of amides is 2. The number of carbonyl (C=O) groups excluding carboxylic acids is 2. The molecule has 0 spiro atoms. The maximum atomic E-state index is 12.4. The Morgan fingerprint density at radius 3 is 2.65 bits per heavy atom. The lowest BCUT2D eigenvalue weighted by Gasteiger charge is -2.11. The topological polar surface area (TPSA) is 58.2 Å². The lowest BCUT2D eigenvalue weighted by molar-refractivity contribution is -0.117. The number of nitrogens with one attached hydrogen (secondary N) is 2. The number of thiophene rings is 1. The fourth-order valence-corrected chi connectivity index (χ4v) is 2.61. The van der Waals surface area contributed by atoms with E-state index in [0.29, 0.717) is 12.1 Å². The average molecular weight is 326 g/mol. The summed E-state index contributed by atoms with van der Waals surface area (Å²) in [6.07, 6.45) is 3.25. The van der Waals surface area contributed by atoms with Gasteiger partial charge < -0.3 is 10.6 Å². The van der Waals surface area contributed by atoms with Gasteiger partial charge in [-0.3, -0.25) is 9.59 Å². The molecule has 0 aliphatic heterocycles. The van der Waals surface area contributed by atoms with Crippen LogP contribution in [0.1, 0.15) is 20.8 Å². The minimum Gasteiger partial charge on any atom is -0.347 e. The highest BCUT2D eigenvalue weighted by Gasteiger charge is 2.15.